The second kappa shape index (κ2) is 8.81. The number of nitrogens with one attached hydrogen (secondary N) is 3. The summed E-state index contributed by atoms with van der Waals surface area (Å²) in [6.07, 6.45) is 7.82. The molecule has 1 aromatic carbocycles. The molecule has 1 aliphatic carbocycles. The van der Waals surface area contributed by atoms with E-state index in [0.717, 1.165) is 12.0 Å². The molecule has 0 saturated carbocycles. The molecule has 0 fully saturated rings. The Bertz CT molecular complexity index is 924. The molecule has 1 aliphatic rings. The zero-order valence-electron chi connectivity index (χ0n) is 15.5. The van der Waals surface area contributed by atoms with Gasteiger partial charge in [0.1, 0.15) is 5.82 Å². The summed E-state index contributed by atoms with van der Waals surface area (Å²) >= 11 is 0. The average molecular weight is 378 g/mol. The highest BCUT2D eigenvalue weighted by Crippen LogP contribution is 2.18. The maximum Gasteiger partial charge on any atom is 0.254 e. The van der Waals surface area contributed by atoms with Gasteiger partial charge >= 0.3 is 0 Å². The van der Waals surface area contributed by atoms with E-state index in [0.29, 0.717) is 24.0 Å². The van der Waals surface area contributed by atoms with E-state index in [9.17, 15) is 9.59 Å². The minimum atomic E-state index is -0.601. The van der Waals surface area contributed by atoms with Crippen molar-refractivity contribution in [2.75, 3.05) is 10.6 Å². The molecule has 0 radical (unpaired) electrons. The lowest BCUT2D eigenvalue weighted by molar-refractivity contribution is -0.118. The van der Waals surface area contributed by atoms with E-state index in [-0.39, 0.29) is 17.5 Å². The van der Waals surface area contributed by atoms with Crippen molar-refractivity contribution >= 4 is 23.6 Å². The second-order valence-corrected chi connectivity index (χ2v) is 6.35. The smallest absolute Gasteiger partial charge is 0.254 e. The van der Waals surface area contributed by atoms with Crippen LogP contribution in [0.25, 0.3) is 0 Å². The number of aromatic nitrogens is 2. The SMILES string of the molecule is CC(=O)NC1=CC(Nc2ncc(C(N)=O)c(NCc3ccccc3)n2)CC=C1. The Labute approximate surface area is 163 Å². The molecule has 0 aliphatic heterocycles. The number of anilines is 2. The molecule has 1 heterocycles. The van der Waals surface area contributed by atoms with Crippen LogP contribution in [-0.2, 0) is 11.3 Å². The number of carbonyl (C=O) groups excluding carboxylic acids is 2. The summed E-state index contributed by atoms with van der Waals surface area (Å²) in [5, 5.41) is 9.09. The number of hydrogen-bond acceptors (Lipinski definition) is 6. The number of primary amides is 1. The van der Waals surface area contributed by atoms with Crippen LogP contribution >= 0.6 is 0 Å². The van der Waals surface area contributed by atoms with Gasteiger partial charge in [-0.15, -0.1) is 0 Å². The molecule has 8 heteroatoms. The quantitative estimate of drug-likeness (QED) is 0.584. The molecule has 144 valence electrons. The highest BCUT2D eigenvalue weighted by Gasteiger charge is 2.15. The second-order valence-electron chi connectivity index (χ2n) is 6.35. The van der Waals surface area contributed by atoms with Crippen LogP contribution in [0.1, 0.15) is 29.3 Å². The van der Waals surface area contributed by atoms with Crippen LogP contribution in [0, 0.1) is 0 Å². The number of carbonyl (C=O) groups is 2. The molecule has 5 N–H and O–H groups in total. The van der Waals surface area contributed by atoms with Gasteiger partial charge in [-0.25, -0.2) is 4.98 Å². The Morgan fingerprint density at radius 1 is 1.25 bits per heavy atom. The third-order valence-corrected chi connectivity index (χ3v) is 4.06. The molecule has 1 aromatic heterocycles. The molecule has 8 nitrogen and oxygen atoms in total. The standard InChI is InChI=1S/C20H22N6O2/c1-13(27)24-15-8-5-9-16(10-15)25-20-23-12-17(18(21)28)19(26-20)22-11-14-6-3-2-4-7-14/h2-8,10,12,16H,9,11H2,1H3,(H2,21,28)(H,24,27)(H2,22,23,25,26). The van der Waals surface area contributed by atoms with Gasteiger partial charge in [0.05, 0.1) is 11.6 Å². The van der Waals surface area contributed by atoms with E-state index in [4.69, 9.17) is 5.73 Å². The average Bonchev–Trinajstić information content (AvgIpc) is 2.67. The Balaban J connectivity index is 1.75. The molecular formula is C20H22N6O2. The third kappa shape index (κ3) is 5.16. The topological polar surface area (TPSA) is 122 Å². The van der Waals surface area contributed by atoms with Crippen molar-refractivity contribution in [3.8, 4) is 0 Å². The Morgan fingerprint density at radius 3 is 2.75 bits per heavy atom. The van der Waals surface area contributed by atoms with Crippen LogP contribution in [0.2, 0.25) is 0 Å². The predicted molar refractivity (Wildman–Crippen MR) is 107 cm³/mol. The molecule has 0 bridgehead atoms. The van der Waals surface area contributed by atoms with Crippen LogP contribution in [0.3, 0.4) is 0 Å². The fourth-order valence-corrected chi connectivity index (χ4v) is 2.78. The Morgan fingerprint density at radius 2 is 2.04 bits per heavy atom. The van der Waals surface area contributed by atoms with Gasteiger partial charge in [-0.2, -0.15) is 4.98 Å². The summed E-state index contributed by atoms with van der Waals surface area (Å²) in [6, 6.07) is 9.67. The molecule has 1 unspecified atom stereocenters. The lowest BCUT2D eigenvalue weighted by atomic mass is 10.1. The van der Waals surface area contributed by atoms with Gasteiger partial charge in [0.15, 0.2) is 0 Å². The number of amides is 2. The highest BCUT2D eigenvalue weighted by atomic mass is 16.1. The first-order valence-corrected chi connectivity index (χ1v) is 8.88. The molecule has 3 rings (SSSR count). The maximum atomic E-state index is 11.7. The normalized spacial score (nSPS) is 15.5. The number of nitrogens with two attached hydrogens (primary N) is 1. The molecule has 0 spiro atoms. The lowest BCUT2D eigenvalue weighted by Gasteiger charge is -2.19. The van der Waals surface area contributed by atoms with Gasteiger partial charge in [0.2, 0.25) is 11.9 Å². The number of allylic oxidation sites excluding steroid dienone is 1. The van der Waals surface area contributed by atoms with E-state index in [1.54, 1.807) is 0 Å². The van der Waals surface area contributed by atoms with E-state index >= 15 is 0 Å². The number of rotatable bonds is 7. The lowest BCUT2D eigenvalue weighted by Crippen LogP contribution is -2.26. The maximum absolute atomic E-state index is 11.7. The monoisotopic (exact) mass is 378 g/mol. The summed E-state index contributed by atoms with van der Waals surface area (Å²) < 4.78 is 0. The van der Waals surface area contributed by atoms with Gasteiger partial charge in [-0.3, -0.25) is 9.59 Å². The van der Waals surface area contributed by atoms with Crippen LogP contribution in [0.4, 0.5) is 11.8 Å². The van der Waals surface area contributed by atoms with E-state index in [1.165, 1.54) is 13.1 Å². The van der Waals surface area contributed by atoms with Gasteiger partial charge in [-0.05, 0) is 24.1 Å². The van der Waals surface area contributed by atoms with Crippen molar-refractivity contribution < 1.29 is 9.59 Å². The Hall–Kier alpha value is -3.68. The third-order valence-electron chi connectivity index (χ3n) is 4.06. The predicted octanol–water partition coefficient (Wildman–Crippen LogP) is 1.95. The van der Waals surface area contributed by atoms with Gasteiger partial charge < -0.3 is 21.7 Å². The van der Waals surface area contributed by atoms with Gasteiger partial charge in [-0.1, -0.05) is 36.4 Å². The first-order chi connectivity index (χ1) is 13.5. The molecule has 2 aromatic rings. The number of hydrogen-bond donors (Lipinski definition) is 4. The summed E-state index contributed by atoms with van der Waals surface area (Å²) in [4.78, 5) is 31.5. The molecule has 28 heavy (non-hydrogen) atoms. The fraction of sp³-hybridized carbons (Fsp3) is 0.200. The molecule has 2 amide bonds. The largest absolute Gasteiger partial charge is 0.365 e. The number of benzene rings is 1. The van der Waals surface area contributed by atoms with Crippen molar-refractivity contribution in [1.29, 1.82) is 0 Å². The minimum Gasteiger partial charge on any atom is -0.365 e. The van der Waals surface area contributed by atoms with Crippen LogP contribution < -0.4 is 21.7 Å². The zero-order chi connectivity index (χ0) is 19.9. The van der Waals surface area contributed by atoms with Crippen LogP contribution in [0.5, 0.6) is 0 Å². The van der Waals surface area contributed by atoms with Gasteiger partial charge in [0.25, 0.3) is 5.91 Å². The van der Waals surface area contributed by atoms with Crippen LogP contribution in [-0.4, -0.2) is 27.8 Å². The highest BCUT2D eigenvalue weighted by molar-refractivity contribution is 5.97. The zero-order valence-corrected chi connectivity index (χ0v) is 15.5. The van der Waals surface area contributed by atoms with E-state index in [2.05, 4.69) is 25.9 Å². The van der Waals surface area contributed by atoms with Crippen LogP contribution in [0.15, 0.2) is 60.5 Å². The summed E-state index contributed by atoms with van der Waals surface area (Å²) in [5.41, 5.74) is 7.43. The first-order valence-electron chi connectivity index (χ1n) is 8.88. The van der Waals surface area contributed by atoms with Crippen molar-refractivity contribution in [1.82, 2.24) is 15.3 Å². The van der Waals surface area contributed by atoms with E-state index < -0.39 is 5.91 Å². The molecular weight excluding hydrogens is 356 g/mol. The molecule has 1 atom stereocenters. The minimum absolute atomic E-state index is 0.0896. The summed E-state index contributed by atoms with van der Waals surface area (Å²) in [6.45, 7) is 1.96. The Kier molecular flexibility index (Phi) is 6.01. The number of nitrogens with zero attached hydrogens (tertiary/aromatic N) is 2. The van der Waals surface area contributed by atoms with E-state index in [1.807, 2.05) is 48.6 Å². The van der Waals surface area contributed by atoms with Gasteiger partial charge in [0, 0.05) is 25.4 Å². The van der Waals surface area contributed by atoms with Crippen molar-refractivity contribution in [2.45, 2.75) is 25.9 Å². The molecule has 0 saturated heterocycles. The van der Waals surface area contributed by atoms with Crippen molar-refractivity contribution in [3.63, 3.8) is 0 Å². The summed E-state index contributed by atoms with van der Waals surface area (Å²) in [5.74, 6) is -0.00730. The summed E-state index contributed by atoms with van der Waals surface area (Å²) in [7, 11) is 0. The first kappa shape index (κ1) is 19.1. The van der Waals surface area contributed by atoms with Crippen molar-refractivity contribution in [3.05, 3.63) is 71.6 Å². The van der Waals surface area contributed by atoms with Crippen molar-refractivity contribution in [2.24, 2.45) is 5.73 Å². The fourth-order valence-electron chi connectivity index (χ4n) is 2.78.